The van der Waals surface area contributed by atoms with Crippen LogP contribution in [0.3, 0.4) is 0 Å². The summed E-state index contributed by atoms with van der Waals surface area (Å²) in [5.41, 5.74) is 3.89. The van der Waals surface area contributed by atoms with E-state index in [1.165, 1.54) is 16.7 Å². The second-order valence-corrected chi connectivity index (χ2v) is 5.10. The van der Waals surface area contributed by atoms with Gasteiger partial charge in [0.25, 0.3) is 0 Å². The summed E-state index contributed by atoms with van der Waals surface area (Å²) in [6.07, 6.45) is 0.989. The van der Waals surface area contributed by atoms with Gasteiger partial charge in [-0.1, -0.05) is 35.9 Å². The number of rotatable bonds is 5. The monoisotopic (exact) mass is 269 g/mol. The van der Waals surface area contributed by atoms with Crippen molar-refractivity contribution in [2.45, 2.75) is 19.9 Å². The topological polar surface area (TPSA) is 30.5 Å². The van der Waals surface area contributed by atoms with Gasteiger partial charge in [0.15, 0.2) is 11.5 Å². The predicted molar refractivity (Wildman–Crippen MR) is 79.2 cm³/mol. The van der Waals surface area contributed by atoms with Crippen molar-refractivity contribution in [1.29, 1.82) is 0 Å². The summed E-state index contributed by atoms with van der Waals surface area (Å²) in [5.74, 6) is 1.71. The minimum Gasteiger partial charge on any atom is -0.454 e. The Morgan fingerprint density at radius 1 is 0.950 bits per heavy atom. The van der Waals surface area contributed by atoms with Gasteiger partial charge in [0.05, 0.1) is 0 Å². The van der Waals surface area contributed by atoms with Crippen molar-refractivity contribution >= 4 is 0 Å². The Balaban J connectivity index is 1.47. The van der Waals surface area contributed by atoms with Crippen LogP contribution in [-0.4, -0.2) is 13.3 Å². The lowest BCUT2D eigenvalue weighted by Crippen LogP contribution is -2.16. The summed E-state index contributed by atoms with van der Waals surface area (Å²) < 4.78 is 10.7. The van der Waals surface area contributed by atoms with Crippen LogP contribution in [0.25, 0.3) is 0 Å². The molecule has 3 heteroatoms. The number of ether oxygens (including phenoxy) is 2. The van der Waals surface area contributed by atoms with E-state index in [-0.39, 0.29) is 0 Å². The van der Waals surface area contributed by atoms with Crippen LogP contribution in [0.1, 0.15) is 16.7 Å². The molecule has 3 nitrogen and oxygen atoms in total. The molecule has 0 aliphatic carbocycles. The van der Waals surface area contributed by atoms with Crippen molar-refractivity contribution < 1.29 is 9.47 Å². The molecule has 0 spiro atoms. The van der Waals surface area contributed by atoms with Crippen LogP contribution in [0.15, 0.2) is 42.5 Å². The Kier molecular flexibility index (Phi) is 3.88. The third kappa shape index (κ3) is 3.11. The molecule has 20 heavy (non-hydrogen) atoms. The van der Waals surface area contributed by atoms with E-state index in [0.717, 1.165) is 31.0 Å². The van der Waals surface area contributed by atoms with Crippen molar-refractivity contribution in [2.75, 3.05) is 13.3 Å². The Morgan fingerprint density at radius 2 is 1.70 bits per heavy atom. The van der Waals surface area contributed by atoms with Crippen LogP contribution < -0.4 is 14.8 Å². The van der Waals surface area contributed by atoms with Crippen molar-refractivity contribution in [1.82, 2.24) is 5.32 Å². The number of hydrogen-bond acceptors (Lipinski definition) is 3. The van der Waals surface area contributed by atoms with E-state index in [0.29, 0.717) is 6.79 Å². The second kappa shape index (κ2) is 5.97. The van der Waals surface area contributed by atoms with E-state index >= 15 is 0 Å². The number of fused-ring (bicyclic) bond motifs is 1. The van der Waals surface area contributed by atoms with E-state index in [4.69, 9.17) is 9.47 Å². The standard InChI is InChI=1S/C17H19NO2/c1-13-2-4-15(5-3-13)11-18-9-8-14-6-7-16-17(10-14)20-12-19-16/h2-7,10,18H,8-9,11-12H2,1H3. The van der Waals surface area contributed by atoms with Crippen LogP contribution >= 0.6 is 0 Å². The smallest absolute Gasteiger partial charge is 0.231 e. The summed E-state index contributed by atoms with van der Waals surface area (Å²) in [6, 6.07) is 14.8. The van der Waals surface area contributed by atoms with Gasteiger partial charge in [0.2, 0.25) is 6.79 Å². The van der Waals surface area contributed by atoms with Gasteiger partial charge in [-0.05, 0) is 43.1 Å². The zero-order chi connectivity index (χ0) is 13.8. The molecule has 3 rings (SSSR count). The third-order valence-electron chi connectivity index (χ3n) is 3.48. The van der Waals surface area contributed by atoms with Crippen molar-refractivity contribution in [2.24, 2.45) is 0 Å². The van der Waals surface area contributed by atoms with Gasteiger partial charge >= 0.3 is 0 Å². The van der Waals surface area contributed by atoms with Gasteiger partial charge in [0, 0.05) is 6.54 Å². The lowest BCUT2D eigenvalue weighted by molar-refractivity contribution is 0.174. The fourth-order valence-corrected chi connectivity index (χ4v) is 2.27. The summed E-state index contributed by atoms with van der Waals surface area (Å²) in [5, 5.41) is 3.47. The molecule has 2 aromatic rings. The maximum atomic E-state index is 5.38. The van der Waals surface area contributed by atoms with Gasteiger partial charge < -0.3 is 14.8 Å². The third-order valence-corrected chi connectivity index (χ3v) is 3.48. The van der Waals surface area contributed by atoms with Crippen molar-refractivity contribution in [3.8, 4) is 11.5 Å². The summed E-state index contributed by atoms with van der Waals surface area (Å²) in [7, 11) is 0. The van der Waals surface area contributed by atoms with Crippen LogP contribution in [-0.2, 0) is 13.0 Å². The molecule has 0 unspecified atom stereocenters. The molecule has 0 radical (unpaired) electrons. The second-order valence-electron chi connectivity index (χ2n) is 5.10. The first-order valence-corrected chi connectivity index (χ1v) is 6.96. The Labute approximate surface area is 119 Å². The van der Waals surface area contributed by atoms with Gasteiger partial charge in [0.1, 0.15) is 0 Å². The molecule has 1 aliphatic heterocycles. The molecule has 0 saturated heterocycles. The minimum absolute atomic E-state index is 0.338. The Morgan fingerprint density at radius 3 is 2.55 bits per heavy atom. The first-order chi connectivity index (χ1) is 9.81. The molecule has 1 heterocycles. The first-order valence-electron chi connectivity index (χ1n) is 6.96. The molecule has 0 amide bonds. The summed E-state index contributed by atoms with van der Waals surface area (Å²) in [4.78, 5) is 0. The van der Waals surface area contributed by atoms with Gasteiger partial charge in [-0.25, -0.2) is 0 Å². The minimum atomic E-state index is 0.338. The number of hydrogen-bond donors (Lipinski definition) is 1. The Hall–Kier alpha value is -2.00. The fraction of sp³-hybridized carbons (Fsp3) is 0.294. The van der Waals surface area contributed by atoms with Crippen LogP contribution in [0, 0.1) is 6.92 Å². The zero-order valence-corrected chi connectivity index (χ0v) is 11.7. The average molecular weight is 269 g/mol. The first kappa shape index (κ1) is 13.0. The molecule has 0 atom stereocenters. The van der Waals surface area contributed by atoms with Gasteiger partial charge in [-0.2, -0.15) is 0 Å². The largest absolute Gasteiger partial charge is 0.454 e. The molecule has 104 valence electrons. The van der Waals surface area contributed by atoms with Crippen LogP contribution in [0.2, 0.25) is 0 Å². The highest BCUT2D eigenvalue weighted by Crippen LogP contribution is 2.32. The molecule has 0 aromatic heterocycles. The highest BCUT2D eigenvalue weighted by Gasteiger charge is 2.12. The zero-order valence-electron chi connectivity index (χ0n) is 11.7. The van der Waals surface area contributed by atoms with E-state index in [1.54, 1.807) is 0 Å². The molecular weight excluding hydrogens is 250 g/mol. The fourth-order valence-electron chi connectivity index (χ4n) is 2.27. The molecule has 1 N–H and O–H groups in total. The molecule has 0 saturated carbocycles. The van der Waals surface area contributed by atoms with Crippen LogP contribution in [0.5, 0.6) is 11.5 Å². The normalized spacial score (nSPS) is 12.7. The molecule has 0 bridgehead atoms. The van der Waals surface area contributed by atoms with Gasteiger partial charge in [-0.15, -0.1) is 0 Å². The van der Waals surface area contributed by atoms with E-state index in [2.05, 4.69) is 48.6 Å². The van der Waals surface area contributed by atoms with Gasteiger partial charge in [-0.3, -0.25) is 0 Å². The average Bonchev–Trinajstić information content (AvgIpc) is 2.93. The lowest BCUT2D eigenvalue weighted by atomic mass is 10.1. The predicted octanol–water partition coefficient (Wildman–Crippen LogP) is 3.06. The number of aryl methyl sites for hydroxylation is 1. The van der Waals surface area contributed by atoms with E-state index in [9.17, 15) is 0 Å². The van der Waals surface area contributed by atoms with Crippen molar-refractivity contribution in [3.05, 3.63) is 59.2 Å². The highest BCUT2D eigenvalue weighted by molar-refractivity contribution is 5.44. The Bertz CT molecular complexity index is 578. The molecule has 2 aromatic carbocycles. The summed E-state index contributed by atoms with van der Waals surface area (Å²) >= 11 is 0. The van der Waals surface area contributed by atoms with E-state index < -0.39 is 0 Å². The SMILES string of the molecule is Cc1ccc(CNCCc2ccc3c(c2)OCO3)cc1. The van der Waals surface area contributed by atoms with Crippen LogP contribution in [0.4, 0.5) is 0 Å². The number of nitrogens with one attached hydrogen (secondary N) is 1. The van der Waals surface area contributed by atoms with E-state index in [1.807, 2.05) is 6.07 Å². The molecular formula is C17H19NO2. The molecule has 1 aliphatic rings. The lowest BCUT2D eigenvalue weighted by Gasteiger charge is -2.06. The highest BCUT2D eigenvalue weighted by atomic mass is 16.7. The quantitative estimate of drug-likeness (QED) is 0.846. The maximum absolute atomic E-state index is 5.38. The van der Waals surface area contributed by atoms with Crippen molar-refractivity contribution in [3.63, 3.8) is 0 Å². The molecule has 0 fully saturated rings. The summed E-state index contributed by atoms with van der Waals surface area (Å²) in [6.45, 7) is 4.31. The maximum Gasteiger partial charge on any atom is 0.231 e. The number of benzene rings is 2.